The van der Waals surface area contributed by atoms with E-state index in [0.29, 0.717) is 21.5 Å². The maximum Gasteiger partial charge on any atom is 0.357 e. The molecule has 0 aliphatic carbocycles. The molecule has 0 aliphatic rings. The van der Waals surface area contributed by atoms with Crippen LogP contribution in [0.5, 0.6) is 0 Å². The highest BCUT2D eigenvalue weighted by molar-refractivity contribution is 6.38. The average molecular weight is 416 g/mol. The van der Waals surface area contributed by atoms with Crippen molar-refractivity contribution in [1.82, 2.24) is 4.98 Å². The minimum atomic E-state index is -0.486. The highest BCUT2D eigenvalue weighted by Gasteiger charge is 2.25. The van der Waals surface area contributed by atoms with Gasteiger partial charge in [0.1, 0.15) is 0 Å². The third-order valence-electron chi connectivity index (χ3n) is 4.85. The minimum absolute atomic E-state index is 0.112. The second-order valence-electron chi connectivity index (χ2n) is 7.46. The van der Waals surface area contributed by atoms with E-state index in [1.165, 1.54) is 12.7 Å². The first-order chi connectivity index (χ1) is 13.2. The largest absolute Gasteiger partial charge is 0.464 e. The van der Waals surface area contributed by atoms with Crippen molar-refractivity contribution in [3.8, 4) is 11.1 Å². The molecule has 146 valence electrons. The number of fused-ring (bicyclic) bond motifs is 1. The summed E-state index contributed by atoms with van der Waals surface area (Å²) in [5.41, 5.74) is 4.70. The predicted molar refractivity (Wildman–Crippen MR) is 117 cm³/mol. The van der Waals surface area contributed by atoms with Gasteiger partial charge in [0, 0.05) is 16.0 Å². The summed E-state index contributed by atoms with van der Waals surface area (Å²) in [6, 6.07) is 11.7. The van der Waals surface area contributed by atoms with Gasteiger partial charge in [-0.15, -0.1) is 0 Å². The van der Waals surface area contributed by atoms with Crippen LogP contribution in [0.3, 0.4) is 0 Å². The van der Waals surface area contributed by atoms with Gasteiger partial charge in [-0.25, -0.2) is 9.78 Å². The quantitative estimate of drug-likeness (QED) is 0.421. The normalized spacial score (nSPS) is 11.5. The van der Waals surface area contributed by atoms with Gasteiger partial charge < -0.3 is 4.74 Å². The van der Waals surface area contributed by atoms with Crippen LogP contribution in [0.15, 0.2) is 36.4 Å². The molecule has 0 spiro atoms. The molecule has 0 bridgehead atoms. The second kappa shape index (κ2) is 8.10. The number of benzene rings is 2. The molecule has 0 unspecified atom stereocenters. The first-order valence-corrected chi connectivity index (χ1v) is 10.0. The van der Waals surface area contributed by atoms with E-state index >= 15 is 0 Å². The molecule has 0 fully saturated rings. The molecule has 5 heteroatoms. The van der Waals surface area contributed by atoms with Crippen molar-refractivity contribution in [2.75, 3.05) is 7.11 Å². The lowest BCUT2D eigenvalue weighted by Crippen LogP contribution is -2.11. The molecule has 0 aliphatic heterocycles. The smallest absolute Gasteiger partial charge is 0.357 e. The second-order valence-corrected chi connectivity index (χ2v) is 8.30. The molecular weight excluding hydrogens is 393 g/mol. The Morgan fingerprint density at radius 1 is 1.04 bits per heavy atom. The van der Waals surface area contributed by atoms with Crippen LogP contribution in [0.25, 0.3) is 22.0 Å². The van der Waals surface area contributed by atoms with Crippen molar-refractivity contribution >= 4 is 40.1 Å². The van der Waals surface area contributed by atoms with Gasteiger partial charge in [-0.3, -0.25) is 0 Å². The Balaban J connectivity index is 2.50. The van der Waals surface area contributed by atoms with Crippen molar-refractivity contribution in [3.63, 3.8) is 0 Å². The zero-order valence-corrected chi connectivity index (χ0v) is 18.2. The number of ether oxygens (including phenoxy) is 1. The van der Waals surface area contributed by atoms with Gasteiger partial charge in [0.25, 0.3) is 0 Å². The maximum absolute atomic E-state index is 12.7. The Morgan fingerprint density at radius 2 is 1.75 bits per heavy atom. The number of aromatic nitrogens is 1. The Labute approximate surface area is 175 Å². The Hall–Kier alpha value is -2.10. The number of pyridine rings is 1. The van der Waals surface area contributed by atoms with Crippen LogP contribution < -0.4 is 0 Å². The van der Waals surface area contributed by atoms with Crippen molar-refractivity contribution in [3.05, 3.63) is 63.3 Å². The van der Waals surface area contributed by atoms with Crippen molar-refractivity contribution in [1.29, 1.82) is 0 Å². The number of methoxy groups -OCH3 is 1. The zero-order valence-electron chi connectivity index (χ0n) is 16.6. The molecular formula is C23H23Cl2NO2. The number of rotatable bonds is 4. The maximum atomic E-state index is 12.7. The summed E-state index contributed by atoms with van der Waals surface area (Å²) in [4.78, 5) is 17.3. The predicted octanol–water partition coefficient (Wildman–Crippen LogP) is 7.24. The lowest BCUT2D eigenvalue weighted by molar-refractivity contribution is 0.0595. The lowest BCUT2D eigenvalue weighted by atomic mass is 9.87. The van der Waals surface area contributed by atoms with Crippen LogP contribution in [-0.2, 0) is 4.74 Å². The zero-order chi connectivity index (χ0) is 20.6. The minimum Gasteiger partial charge on any atom is -0.464 e. The van der Waals surface area contributed by atoms with Crippen LogP contribution in [0.2, 0.25) is 10.0 Å². The van der Waals surface area contributed by atoms with Crippen molar-refractivity contribution in [2.45, 2.75) is 39.5 Å². The van der Waals surface area contributed by atoms with E-state index in [0.717, 1.165) is 22.1 Å². The molecule has 0 N–H and O–H groups in total. The first kappa shape index (κ1) is 20.6. The Morgan fingerprint density at radius 3 is 2.36 bits per heavy atom. The third kappa shape index (κ3) is 3.74. The molecule has 0 atom stereocenters. The van der Waals surface area contributed by atoms with E-state index in [4.69, 9.17) is 27.9 Å². The van der Waals surface area contributed by atoms with Gasteiger partial charge >= 0.3 is 5.97 Å². The van der Waals surface area contributed by atoms with Gasteiger partial charge in [-0.2, -0.15) is 0 Å². The number of hydrogen-bond donors (Lipinski definition) is 0. The first-order valence-electron chi connectivity index (χ1n) is 9.25. The van der Waals surface area contributed by atoms with E-state index in [2.05, 4.69) is 44.8 Å². The topological polar surface area (TPSA) is 39.2 Å². The SMILES string of the molecule is COC(=O)c1nc2c(Cl)cc(Cl)cc2c(C(C)C)c1-c1cccc(C(C)C)c1. The van der Waals surface area contributed by atoms with Gasteiger partial charge in [-0.05, 0) is 40.7 Å². The molecule has 0 amide bonds. The fourth-order valence-corrected chi connectivity index (χ4v) is 4.04. The summed E-state index contributed by atoms with van der Waals surface area (Å²) in [6.07, 6.45) is 0. The molecule has 3 nitrogen and oxygen atoms in total. The molecule has 3 aromatic rings. The summed E-state index contributed by atoms with van der Waals surface area (Å²) < 4.78 is 5.05. The van der Waals surface area contributed by atoms with Crippen molar-refractivity contribution < 1.29 is 9.53 Å². The van der Waals surface area contributed by atoms with E-state index in [-0.39, 0.29) is 11.6 Å². The molecule has 0 radical (unpaired) electrons. The standard InChI is InChI=1S/C23H23Cl2NO2/c1-12(2)14-7-6-8-15(9-14)20-19(13(3)4)17-10-16(24)11-18(25)21(17)26-22(20)23(27)28-5/h6-13H,1-5H3. The molecule has 0 saturated heterocycles. The molecule has 3 rings (SSSR count). The number of carbonyl (C=O) groups excluding carboxylic acids is 1. The average Bonchev–Trinajstić information content (AvgIpc) is 2.65. The van der Waals surface area contributed by atoms with E-state index < -0.39 is 5.97 Å². The van der Waals surface area contributed by atoms with Crippen LogP contribution in [0, 0.1) is 0 Å². The van der Waals surface area contributed by atoms with E-state index in [1.807, 2.05) is 18.2 Å². The molecule has 0 saturated carbocycles. The van der Waals surface area contributed by atoms with Crippen LogP contribution in [0.4, 0.5) is 0 Å². The van der Waals surface area contributed by atoms with Gasteiger partial charge in [0.2, 0.25) is 0 Å². The van der Waals surface area contributed by atoms with Crippen LogP contribution in [-0.4, -0.2) is 18.1 Å². The fourth-order valence-electron chi connectivity index (χ4n) is 3.50. The van der Waals surface area contributed by atoms with E-state index in [9.17, 15) is 4.79 Å². The Bertz CT molecular complexity index is 1060. The summed E-state index contributed by atoms with van der Waals surface area (Å²) in [5, 5.41) is 1.80. The summed E-state index contributed by atoms with van der Waals surface area (Å²) in [6.45, 7) is 8.45. The monoisotopic (exact) mass is 415 g/mol. The van der Waals surface area contributed by atoms with Crippen LogP contribution >= 0.6 is 23.2 Å². The molecule has 28 heavy (non-hydrogen) atoms. The van der Waals surface area contributed by atoms with Crippen molar-refractivity contribution in [2.24, 2.45) is 0 Å². The highest BCUT2D eigenvalue weighted by atomic mass is 35.5. The van der Waals surface area contributed by atoms with Gasteiger partial charge in [-0.1, -0.05) is 75.2 Å². The van der Waals surface area contributed by atoms with Gasteiger partial charge in [0.15, 0.2) is 5.69 Å². The number of esters is 1. The van der Waals surface area contributed by atoms with Gasteiger partial charge in [0.05, 0.1) is 17.6 Å². The summed E-state index contributed by atoms with van der Waals surface area (Å²) in [7, 11) is 1.36. The summed E-state index contributed by atoms with van der Waals surface area (Å²) in [5.74, 6) is -0.0118. The summed E-state index contributed by atoms with van der Waals surface area (Å²) >= 11 is 12.7. The lowest BCUT2D eigenvalue weighted by Gasteiger charge is -2.20. The third-order valence-corrected chi connectivity index (χ3v) is 5.35. The number of hydrogen-bond acceptors (Lipinski definition) is 3. The number of nitrogens with zero attached hydrogens (tertiary/aromatic N) is 1. The number of carbonyl (C=O) groups is 1. The van der Waals surface area contributed by atoms with E-state index in [1.54, 1.807) is 6.07 Å². The highest BCUT2D eigenvalue weighted by Crippen LogP contribution is 2.40. The van der Waals surface area contributed by atoms with Crippen LogP contribution in [0.1, 0.15) is 61.1 Å². The molecule has 1 aromatic heterocycles. The molecule has 1 heterocycles. The Kier molecular flexibility index (Phi) is 5.97. The molecule has 2 aromatic carbocycles. The number of halogens is 2. The fraction of sp³-hybridized carbons (Fsp3) is 0.304.